The largest absolute Gasteiger partial charge is 0.379 e. The quantitative estimate of drug-likeness (QED) is 0.154. The molecule has 0 atom stereocenters. The summed E-state index contributed by atoms with van der Waals surface area (Å²) in [5, 5.41) is 4.06. The maximum Gasteiger partial charge on any atom is 0.332 e. The van der Waals surface area contributed by atoms with Crippen LogP contribution < -0.4 is 10.9 Å². The van der Waals surface area contributed by atoms with Gasteiger partial charge in [-0.15, -0.1) is 0 Å². The lowest BCUT2D eigenvalue weighted by atomic mass is 9.45. The molecule has 0 saturated carbocycles. The second-order valence-electron chi connectivity index (χ2n) is 23.0. The summed E-state index contributed by atoms with van der Waals surface area (Å²) in [5.74, 6) is 0. The molecule has 3 heteroatoms. The molecule has 0 N–H and O–H groups in total. The monoisotopic (exact) mass is 799 g/mol. The van der Waals surface area contributed by atoms with E-state index >= 15 is 0 Å². The van der Waals surface area contributed by atoms with Crippen molar-refractivity contribution in [3.05, 3.63) is 136 Å². The van der Waals surface area contributed by atoms with Crippen LogP contribution in [0.3, 0.4) is 0 Å². The highest BCUT2D eigenvalue weighted by Crippen LogP contribution is 2.49. The SMILES string of the molecule is Cc1cc(C)c(-c2c(C)n3c4c(cc(-c5ccc(C(C)(C)C)cc5)cc24)-c2cc(C(C)(C)C)cc4c2B3c2cc(C(C)(C)C)cc3c5cc(C(C)(C)C)ccc5n-4c23)c(C)c1. The zero-order valence-electron chi connectivity index (χ0n) is 39.6. The Labute approximate surface area is 365 Å². The lowest BCUT2D eigenvalue weighted by Gasteiger charge is -2.37. The Kier molecular flexibility index (Phi) is 8.26. The van der Waals surface area contributed by atoms with E-state index in [0.717, 1.165) is 0 Å². The van der Waals surface area contributed by atoms with Gasteiger partial charge in [0.25, 0.3) is 0 Å². The van der Waals surface area contributed by atoms with Crippen LogP contribution in [0.15, 0.2) is 91.0 Å². The summed E-state index contributed by atoms with van der Waals surface area (Å²) < 4.78 is 5.44. The number of fused-ring (bicyclic) bond motifs is 7. The van der Waals surface area contributed by atoms with Crippen molar-refractivity contribution in [3.63, 3.8) is 0 Å². The zero-order chi connectivity index (χ0) is 43.6. The first kappa shape index (κ1) is 39.8. The predicted octanol–water partition coefficient (Wildman–Crippen LogP) is 14.4. The molecule has 0 unspecified atom stereocenters. The summed E-state index contributed by atoms with van der Waals surface area (Å²) in [6, 6.07) is 36.7. The topological polar surface area (TPSA) is 9.86 Å². The van der Waals surface area contributed by atoms with Crippen LogP contribution in [-0.4, -0.2) is 15.9 Å². The number of aromatic nitrogens is 2. The second-order valence-corrected chi connectivity index (χ2v) is 23.0. The van der Waals surface area contributed by atoms with Gasteiger partial charge >= 0.3 is 6.85 Å². The smallest absolute Gasteiger partial charge is 0.332 e. The lowest BCUT2D eigenvalue weighted by Crippen LogP contribution is -2.56. The molecule has 0 radical (unpaired) electrons. The molecule has 2 aliphatic rings. The summed E-state index contributed by atoms with van der Waals surface area (Å²) in [5.41, 5.74) is 26.9. The van der Waals surface area contributed by atoms with Gasteiger partial charge in [0.2, 0.25) is 0 Å². The summed E-state index contributed by atoms with van der Waals surface area (Å²) in [6.45, 7) is 37.5. The molecule has 0 saturated heterocycles. The average molecular weight is 799 g/mol. The molecule has 308 valence electrons. The van der Waals surface area contributed by atoms with E-state index in [0.29, 0.717) is 0 Å². The Hall–Kier alpha value is -5.28. The van der Waals surface area contributed by atoms with E-state index in [1.807, 2.05) is 0 Å². The van der Waals surface area contributed by atoms with E-state index in [-0.39, 0.29) is 28.5 Å². The van der Waals surface area contributed by atoms with Crippen LogP contribution in [0.1, 0.15) is 128 Å². The molecule has 2 nitrogen and oxygen atoms in total. The fourth-order valence-corrected chi connectivity index (χ4v) is 11.0. The van der Waals surface area contributed by atoms with Crippen molar-refractivity contribution >= 4 is 50.5 Å². The van der Waals surface area contributed by atoms with E-state index in [9.17, 15) is 0 Å². The van der Waals surface area contributed by atoms with Crippen molar-refractivity contribution in [1.29, 1.82) is 0 Å². The van der Waals surface area contributed by atoms with Gasteiger partial charge in [-0.05, 0) is 152 Å². The fraction of sp³-hybridized carbons (Fsp3) is 0.345. The van der Waals surface area contributed by atoms with Crippen LogP contribution in [0.2, 0.25) is 0 Å². The van der Waals surface area contributed by atoms with Gasteiger partial charge in [0.15, 0.2) is 0 Å². The Bertz CT molecular complexity index is 3160. The van der Waals surface area contributed by atoms with Crippen molar-refractivity contribution in [3.8, 4) is 39.1 Å². The highest BCUT2D eigenvalue weighted by Gasteiger charge is 2.44. The molecule has 0 bridgehead atoms. The van der Waals surface area contributed by atoms with Gasteiger partial charge in [0, 0.05) is 44.2 Å². The summed E-state index contributed by atoms with van der Waals surface area (Å²) >= 11 is 0. The highest BCUT2D eigenvalue weighted by atomic mass is 15.0. The first-order valence-electron chi connectivity index (χ1n) is 22.6. The zero-order valence-corrected chi connectivity index (χ0v) is 39.6. The van der Waals surface area contributed by atoms with Gasteiger partial charge in [0.1, 0.15) is 0 Å². The first-order valence-corrected chi connectivity index (χ1v) is 22.6. The van der Waals surface area contributed by atoms with Crippen LogP contribution >= 0.6 is 0 Å². The number of hydrogen-bond donors (Lipinski definition) is 0. The molecule has 8 aromatic rings. The van der Waals surface area contributed by atoms with Crippen molar-refractivity contribution in [2.75, 3.05) is 0 Å². The van der Waals surface area contributed by atoms with Crippen molar-refractivity contribution in [2.24, 2.45) is 0 Å². The van der Waals surface area contributed by atoms with Gasteiger partial charge in [0.05, 0.1) is 11.0 Å². The lowest BCUT2D eigenvalue weighted by molar-refractivity contribution is 0.590. The van der Waals surface area contributed by atoms with Crippen LogP contribution in [0.25, 0.3) is 71.8 Å². The average Bonchev–Trinajstić information content (AvgIpc) is 3.64. The molecule has 2 aromatic heterocycles. The highest BCUT2D eigenvalue weighted by molar-refractivity contribution is 6.89. The van der Waals surface area contributed by atoms with Gasteiger partial charge in [-0.1, -0.05) is 143 Å². The van der Waals surface area contributed by atoms with Gasteiger partial charge in [-0.25, -0.2) is 0 Å². The molecule has 10 rings (SSSR count). The van der Waals surface area contributed by atoms with Gasteiger partial charge in [-0.2, -0.15) is 0 Å². The number of aryl methyl sites for hydroxylation is 3. The van der Waals surface area contributed by atoms with E-state index in [4.69, 9.17) is 0 Å². The molecule has 0 aliphatic carbocycles. The van der Waals surface area contributed by atoms with Crippen LogP contribution in [0.5, 0.6) is 0 Å². The van der Waals surface area contributed by atoms with Crippen LogP contribution in [-0.2, 0) is 21.7 Å². The minimum Gasteiger partial charge on any atom is -0.379 e. The minimum atomic E-state index is -0.0605. The first-order chi connectivity index (χ1) is 28.4. The van der Waals surface area contributed by atoms with Crippen molar-refractivity contribution in [1.82, 2.24) is 9.05 Å². The molecule has 4 heterocycles. The number of benzene rings is 6. The molecular formula is C58H63BN2. The molecule has 0 amide bonds. The van der Waals surface area contributed by atoms with Crippen molar-refractivity contribution in [2.45, 2.75) is 132 Å². The van der Waals surface area contributed by atoms with Crippen molar-refractivity contribution < 1.29 is 0 Å². The molecule has 0 fully saturated rings. The van der Waals surface area contributed by atoms with Gasteiger partial charge < -0.3 is 9.05 Å². The minimum absolute atomic E-state index is 0.00875. The molecule has 0 spiro atoms. The Morgan fingerprint density at radius 1 is 0.443 bits per heavy atom. The van der Waals surface area contributed by atoms with Crippen LogP contribution in [0.4, 0.5) is 0 Å². The maximum absolute atomic E-state index is 2.77. The van der Waals surface area contributed by atoms with Gasteiger partial charge in [-0.3, -0.25) is 0 Å². The van der Waals surface area contributed by atoms with E-state index < -0.39 is 0 Å². The third-order valence-corrected chi connectivity index (χ3v) is 14.4. The van der Waals surface area contributed by atoms with E-state index in [1.54, 1.807) is 0 Å². The standard InChI is InChI=1S/C58H63BN2/c1-32-23-33(2)50(34(3)24-32)51-35(4)61-53-44(25-37(26-46(51)53)36-17-19-38(20-18-36)55(5,6)7)43-28-41(58(14,15)16)31-49-52(43)59(61)47-30-40(57(11,12)13)29-45-42-27-39(56(8,9)10)21-22-48(42)60(49)54(45)47/h17-31H,1-16H3. The Morgan fingerprint density at radius 2 is 1.02 bits per heavy atom. The molecule has 61 heavy (non-hydrogen) atoms. The molecule has 2 aliphatic heterocycles. The number of rotatable bonds is 2. The molecular weight excluding hydrogens is 735 g/mol. The second kappa shape index (κ2) is 12.7. The summed E-state index contributed by atoms with van der Waals surface area (Å²) in [7, 11) is 0. The summed E-state index contributed by atoms with van der Waals surface area (Å²) in [4.78, 5) is 0. The maximum atomic E-state index is 2.77. The van der Waals surface area contributed by atoms with Crippen LogP contribution in [0, 0.1) is 27.7 Å². The third-order valence-electron chi connectivity index (χ3n) is 14.4. The number of nitrogens with zero attached hydrogens (tertiary/aromatic N) is 2. The Balaban J connectivity index is 1.42. The normalized spacial score (nSPS) is 13.9. The Morgan fingerprint density at radius 3 is 1.62 bits per heavy atom. The summed E-state index contributed by atoms with van der Waals surface area (Å²) in [6.07, 6.45) is 0. The predicted molar refractivity (Wildman–Crippen MR) is 267 cm³/mol. The molecule has 6 aromatic carbocycles. The van der Waals surface area contributed by atoms with E-state index in [1.165, 1.54) is 127 Å². The fourth-order valence-electron chi connectivity index (χ4n) is 11.0. The third kappa shape index (κ3) is 5.82. The van der Waals surface area contributed by atoms with E-state index in [2.05, 4.69) is 211 Å². The number of hydrogen-bond acceptors (Lipinski definition) is 0.